The number of para-hydroxylation sites is 2. The van der Waals surface area contributed by atoms with Crippen LogP contribution < -0.4 is 0 Å². The highest BCUT2D eigenvalue weighted by molar-refractivity contribution is 5.85. The van der Waals surface area contributed by atoms with Gasteiger partial charge in [0, 0.05) is 12.4 Å². The molecule has 0 bridgehead atoms. The molecule has 126 valence electrons. The number of hydrogen-bond donors (Lipinski definition) is 0. The maximum Gasteiger partial charge on any atom is 0.139 e. The normalized spacial score (nSPS) is 10.4. The van der Waals surface area contributed by atoms with E-state index in [0.29, 0.717) is 0 Å². The standard InChI is InChI=1S/C19H14N4.2ClH/c1-2-9-17-16(8-1)22-19(12-11-15-7-3-5-13-20-15)23(17)18-10-4-6-14-21-18;;/h1-14H;2*1H. The highest BCUT2D eigenvalue weighted by Gasteiger charge is 2.10. The molecule has 0 saturated carbocycles. The molecule has 4 rings (SSSR count). The van der Waals surface area contributed by atoms with Gasteiger partial charge in [0.15, 0.2) is 0 Å². The van der Waals surface area contributed by atoms with E-state index in [0.717, 1.165) is 28.4 Å². The van der Waals surface area contributed by atoms with Crippen LogP contribution in [-0.4, -0.2) is 19.5 Å². The van der Waals surface area contributed by atoms with Crippen LogP contribution in [0.3, 0.4) is 0 Å². The Bertz CT molecular complexity index is 967. The quantitative estimate of drug-likeness (QED) is 0.518. The Morgan fingerprint density at radius 3 is 2.16 bits per heavy atom. The Balaban J connectivity index is 0.00000113. The lowest BCUT2D eigenvalue weighted by molar-refractivity contribution is 1.00. The van der Waals surface area contributed by atoms with Crippen LogP contribution in [0.2, 0.25) is 0 Å². The molecule has 4 aromatic rings. The second-order valence-corrected chi connectivity index (χ2v) is 5.07. The number of pyridine rings is 2. The van der Waals surface area contributed by atoms with Gasteiger partial charge in [-0.2, -0.15) is 0 Å². The molecule has 0 aliphatic carbocycles. The third-order valence-corrected chi connectivity index (χ3v) is 3.56. The van der Waals surface area contributed by atoms with Crippen molar-refractivity contribution < 1.29 is 0 Å². The Kier molecular flexibility index (Phi) is 6.28. The van der Waals surface area contributed by atoms with Gasteiger partial charge in [-0.1, -0.05) is 24.3 Å². The SMILES string of the molecule is C(=Cc1nc2ccccc2n1-c1ccccn1)c1ccccn1.Cl.Cl. The number of fused-ring (bicyclic) bond motifs is 1. The molecule has 0 unspecified atom stereocenters. The molecule has 0 amide bonds. The van der Waals surface area contributed by atoms with Crippen molar-refractivity contribution in [1.82, 2.24) is 19.5 Å². The molecule has 6 heteroatoms. The Hall–Kier alpha value is -2.69. The lowest BCUT2D eigenvalue weighted by atomic mass is 10.3. The fourth-order valence-electron chi connectivity index (χ4n) is 2.52. The largest absolute Gasteiger partial charge is 0.277 e. The van der Waals surface area contributed by atoms with Crippen LogP contribution in [0, 0.1) is 0 Å². The summed E-state index contributed by atoms with van der Waals surface area (Å²) in [6, 6.07) is 19.8. The molecule has 0 fully saturated rings. The van der Waals surface area contributed by atoms with E-state index in [2.05, 4.69) is 20.6 Å². The smallest absolute Gasteiger partial charge is 0.139 e. The summed E-state index contributed by atoms with van der Waals surface area (Å²) >= 11 is 0. The zero-order chi connectivity index (χ0) is 15.5. The second-order valence-electron chi connectivity index (χ2n) is 5.07. The van der Waals surface area contributed by atoms with Crippen molar-refractivity contribution in [2.24, 2.45) is 0 Å². The van der Waals surface area contributed by atoms with Gasteiger partial charge in [0.1, 0.15) is 11.6 Å². The van der Waals surface area contributed by atoms with E-state index >= 15 is 0 Å². The minimum Gasteiger partial charge on any atom is -0.277 e. The number of imidazole rings is 1. The molecule has 3 aromatic heterocycles. The third kappa shape index (κ3) is 3.87. The van der Waals surface area contributed by atoms with Crippen molar-refractivity contribution in [2.45, 2.75) is 0 Å². The zero-order valence-corrected chi connectivity index (χ0v) is 14.8. The van der Waals surface area contributed by atoms with Crippen LogP contribution in [0.5, 0.6) is 0 Å². The van der Waals surface area contributed by atoms with E-state index in [1.54, 1.807) is 12.4 Å². The summed E-state index contributed by atoms with van der Waals surface area (Å²) in [5, 5.41) is 0. The number of nitrogens with zero attached hydrogens (tertiary/aromatic N) is 4. The second kappa shape index (κ2) is 8.42. The maximum absolute atomic E-state index is 4.71. The summed E-state index contributed by atoms with van der Waals surface area (Å²) < 4.78 is 2.05. The van der Waals surface area contributed by atoms with Gasteiger partial charge < -0.3 is 0 Å². The molecule has 0 radical (unpaired) electrons. The molecule has 0 N–H and O–H groups in total. The summed E-state index contributed by atoms with van der Waals surface area (Å²) in [7, 11) is 0. The molecular weight excluding hydrogens is 355 g/mol. The van der Waals surface area contributed by atoms with Gasteiger partial charge >= 0.3 is 0 Å². The topological polar surface area (TPSA) is 43.6 Å². The van der Waals surface area contributed by atoms with Gasteiger partial charge in [0.2, 0.25) is 0 Å². The summed E-state index contributed by atoms with van der Waals surface area (Å²) in [6.45, 7) is 0. The molecule has 0 saturated heterocycles. The molecule has 0 atom stereocenters. The van der Waals surface area contributed by atoms with E-state index in [-0.39, 0.29) is 24.8 Å². The summed E-state index contributed by atoms with van der Waals surface area (Å²) in [5.41, 5.74) is 2.87. The predicted octanol–water partition coefficient (Wildman–Crippen LogP) is 4.83. The summed E-state index contributed by atoms with van der Waals surface area (Å²) in [5.74, 6) is 1.68. The number of rotatable bonds is 3. The molecule has 25 heavy (non-hydrogen) atoms. The average Bonchev–Trinajstić information content (AvgIpc) is 3.00. The van der Waals surface area contributed by atoms with Crippen LogP contribution in [-0.2, 0) is 0 Å². The van der Waals surface area contributed by atoms with E-state index in [9.17, 15) is 0 Å². The van der Waals surface area contributed by atoms with Gasteiger partial charge in [-0.3, -0.25) is 9.55 Å². The minimum atomic E-state index is 0. The van der Waals surface area contributed by atoms with Gasteiger partial charge in [-0.25, -0.2) is 9.97 Å². The van der Waals surface area contributed by atoms with Crippen molar-refractivity contribution in [1.29, 1.82) is 0 Å². The van der Waals surface area contributed by atoms with Crippen LogP contribution in [0.1, 0.15) is 11.5 Å². The molecule has 0 aliphatic rings. The first-order chi connectivity index (χ1) is 11.4. The van der Waals surface area contributed by atoms with Gasteiger partial charge in [-0.15, -0.1) is 24.8 Å². The molecule has 0 spiro atoms. The zero-order valence-electron chi connectivity index (χ0n) is 13.2. The predicted molar refractivity (Wildman–Crippen MR) is 107 cm³/mol. The Morgan fingerprint density at radius 2 is 1.44 bits per heavy atom. The Morgan fingerprint density at radius 1 is 0.720 bits per heavy atom. The first-order valence-electron chi connectivity index (χ1n) is 7.40. The third-order valence-electron chi connectivity index (χ3n) is 3.56. The highest BCUT2D eigenvalue weighted by Crippen LogP contribution is 2.21. The van der Waals surface area contributed by atoms with Crippen molar-refractivity contribution in [3.63, 3.8) is 0 Å². The van der Waals surface area contributed by atoms with Crippen molar-refractivity contribution >= 4 is 48.0 Å². The van der Waals surface area contributed by atoms with Crippen molar-refractivity contribution in [3.8, 4) is 5.82 Å². The van der Waals surface area contributed by atoms with E-state index in [1.807, 2.05) is 66.7 Å². The van der Waals surface area contributed by atoms with Crippen LogP contribution >= 0.6 is 24.8 Å². The monoisotopic (exact) mass is 370 g/mol. The van der Waals surface area contributed by atoms with E-state index in [4.69, 9.17) is 4.98 Å². The number of benzene rings is 1. The molecule has 3 heterocycles. The first-order valence-corrected chi connectivity index (χ1v) is 7.40. The van der Waals surface area contributed by atoms with Crippen LogP contribution in [0.25, 0.3) is 29.0 Å². The van der Waals surface area contributed by atoms with E-state index < -0.39 is 0 Å². The Labute approximate surface area is 158 Å². The van der Waals surface area contributed by atoms with Crippen LogP contribution in [0.4, 0.5) is 0 Å². The number of aromatic nitrogens is 4. The van der Waals surface area contributed by atoms with Gasteiger partial charge in [0.05, 0.1) is 16.7 Å². The fraction of sp³-hybridized carbons (Fsp3) is 0. The van der Waals surface area contributed by atoms with Gasteiger partial charge in [-0.05, 0) is 48.6 Å². The molecule has 1 aromatic carbocycles. The van der Waals surface area contributed by atoms with Crippen LogP contribution in [0.15, 0.2) is 73.1 Å². The number of hydrogen-bond acceptors (Lipinski definition) is 3. The van der Waals surface area contributed by atoms with E-state index in [1.165, 1.54) is 0 Å². The van der Waals surface area contributed by atoms with Crippen molar-refractivity contribution in [3.05, 3.63) is 84.6 Å². The average molecular weight is 371 g/mol. The lowest BCUT2D eigenvalue weighted by Crippen LogP contribution is -1.99. The molecule has 0 aliphatic heterocycles. The summed E-state index contributed by atoms with van der Waals surface area (Å²) in [6.07, 6.45) is 7.50. The van der Waals surface area contributed by atoms with Crippen molar-refractivity contribution in [2.75, 3.05) is 0 Å². The van der Waals surface area contributed by atoms with Gasteiger partial charge in [0.25, 0.3) is 0 Å². The minimum absolute atomic E-state index is 0. The lowest BCUT2D eigenvalue weighted by Gasteiger charge is -2.05. The molecule has 4 nitrogen and oxygen atoms in total. The first kappa shape index (κ1) is 18.6. The number of halogens is 2. The fourth-order valence-corrected chi connectivity index (χ4v) is 2.52. The maximum atomic E-state index is 4.71. The summed E-state index contributed by atoms with van der Waals surface area (Å²) in [4.78, 5) is 13.5. The highest BCUT2D eigenvalue weighted by atomic mass is 35.5. The molecular formula is C19H16Cl2N4.